The number of sulfonamides is 1. The Hall–Kier alpha value is -1.76. The number of halogens is 3. The molecule has 6 nitrogen and oxygen atoms in total. The van der Waals surface area contributed by atoms with Crippen LogP contribution >= 0.6 is 23.1 Å². The fourth-order valence-corrected chi connectivity index (χ4v) is 6.94. The van der Waals surface area contributed by atoms with Crippen molar-refractivity contribution in [3.05, 3.63) is 41.3 Å². The van der Waals surface area contributed by atoms with Crippen LogP contribution in [0.4, 0.5) is 18.9 Å². The molecule has 1 aromatic heterocycles. The average Bonchev–Trinajstić information content (AvgIpc) is 3.20. The first kappa shape index (κ1) is 23.4. The van der Waals surface area contributed by atoms with Crippen molar-refractivity contribution >= 4 is 44.7 Å². The molecule has 5 rings (SSSR count). The van der Waals surface area contributed by atoms with E-state index >= 15 is 0 Å². The van der Waals surface area contributed by atoms with Crippen LogP contribution in [0.25, 0.3) is 0 Å². The van der Waals surface area contributed by atoms with Crippen LogP contribution in [0.5, 0.6) is 0 Å². The van der Waals surface area contributed by atoms with E-state index in [0.717, 1.165) is 37.7 Å². The molecular weight excluding hydrogens is 483 g/mol. The van der Waals surface area contributed by atoms with Crippen molar-refractivity contribution in [1.82, 2.24) is 10.2 Å². The second-order valence-electron chi connectivity index (χ2n) is 7.88. The fraction of sp³-hybridized carbons (Fsp3) is 0.450. The van der Waals surface area contributed by atoms with Gasteiger partial charge in [0.25, 0.3) is 5.91 Å². The quantitative estimate of drug-likeness (QED) is 0.610. The minimum absolute atomic E-state index is 0.0979. The highest BCUT2D eigenvalue weighted by molar-refractivity contribution is 8.01. The first-order valence-electron chi connectivity index (χ1n) is 10.1. The molecule has 3 aliphatic heterocycles. The molecule has 4 heterocycles. The van der Waals surface area contributed by atoms with Crippen molar-refractivity contribution in [2.45, 2.75) is 46.5 Å². The van der Waals surface area contributed by atoms with Crippen LogP contribution in [0.1, 0.15) is 29.4 Å². The molecule has 3 fully saturated rings. The van der Waals surface area contributed by atoms with Crippen LogP contribution in [0, 0.1) is 5.92 Å². The van der Waals surface area contributed by atoms with E-state index in [0.29, 0.717) is 19.9 Å². The molecule has 2 N–H and O–H groups in total. The second-order valence-corrected chi connectivity index (χ2v) is 12.0. The molecule has 2 atom stereocenters. The predicted octanol–water partition coefficient (Wildman–Crippen LogP) is 4.37. The van der Waals surface area contributed by atoms with E-state index in [1.807, 2.05) is 0 Å². The number of para-hydroxylation sites is 1. The number of nitrogens with zero attached hydrogens (tertiary/aromatic N) is 1. The van der Waals surface area contributed by atoms with Crippen molar-refractivity contribution in [1.29, 1.82) is 0 Å². The van der Waals surface area contributed by atoms with Gasteiger partial charge in [0.05, 0.1) is 14.8 Å². The van der Waals surface area contributed by atoms with Gasteiger partial charge in [0.15, 0.2) is 0 Å². The number of fused-ring (bicyclic) bond motifs is 3. The van der Waals surface area contributed by atoms with E-state index in [-0.39, 0.29) is 23.7 Å². The Balaban J connectivity index is 1.46. The summed E-state index contributed by atoms with van der Waals surface area (Å²) in [5, 5.41) is 3.16. The molecule has 12 heteroatoms. The van der Waals surface area contributed by atoms with Crippen LogP contribution < -0.4 is 10.0 Å². The van der Waals surface area contributed by atoms with Gasteiger partial charge in [0, 0.05) is 17.0 Å². The third-order valence-corrected chi connectivity index (χ3v) is 9.32. The number of nitrogens with one attached hydrogen (secondary N) is 2. The van der Waals surface area contributed by atoms with Crippen molar-refractivity contribution in [2.75, 3.05) is 17.8 Å². The van der Waals surface area contributed by atoms with Gasteiger partial charge in [-0.15, -0.1) is 11.3 Å². The molecule has 2 bridgehead atoms. The highest BCUT2D eigenvalue weighted by Gasteiger charge is 2.46. The summed E-state index contributed by atoms with van der Waals surface area (Å²) in [6.07, 6.45) is 2.15. The molecular formula is C20H22F3N3O3S3. The summed E-state index contributed by atoms with van der Waals surface area (Å²) in [5.41, 5.74) is -5.58. The number of amides is 1. The van der Waals surface area contributed by atoms with Gasteiger partial charge >= 0.3 is 15.5 Å². The first-order chi connectivity index (χ1) is 15.0. The lowest BCUT2D eigenvalue weighted by molar-refractivity contribution is -0.0429. The summed E-state index contributed by atoms with van der Waals surface area (Å²) in [4.78, 5) is 16.0. The number of benzene rings is 1. The summed E-state index contributed by atoms with van der Waals surface area (Å²) in [6.45, 7) is 4.26. The Bertz CT molecular complexity index is 1090. The molecule has 3 saturated heterocycles. The summed E-state index contributed by atoms with van der Waals surface area (Å²) < 4.78 is 63.5. The fourth-order valence-electron chi connectivity index (χ4n) is 4.22. The maximum Gasteiger partial charge on any atom is 0.516 e. The minimum atomic E-state index is -5.53. The van der Waals surface area contributed by atoms with Crippen molar-refractivity contribution in [2.24, 2.45) is 5.92 Å². The zero-order chi connectivity index (χ0) is 23.1. The van der Waals surface area contributed by atoms with Gasteiger partial charge in [-0.2, -0.15) is 21.6 Å². The Morgan fingerprint density at radius 2 is 1.84 bits per heavy atom. The second kappa shape index (κ2) is 8.88. The van der Waals surface area contributed by atoms with Crippen LogP contribution in [0.2, 0.25) is 0 Å². The monoisotopic (exact) mass is 505 g/mol. The lowest BCUT2D eigenvalue weighted by Crippen LogP contribution is -2.62. The molecule has 1 amide bonds. The number of alkyl halides is 3. The van der Waals surface area contributed by atoms with Crippen LogP contribution in [0.15, 0.2) is 45.5 Å². The number of carbonyl (C=O) groups is 1. The van der Waals surface area contributed by atoms with Gasteiger partial charge in [-0.25, -0.2) is 0 Å². The van der Waals surface area contributed by atoms with Gasteiger partial charge in [-0.05, 0) is 63.0 Å². The summed E-state index contributed by atoms with van der Waals surface area (Å²) >= 11 is 2.31. The Morgan fingerprint density at radius 3 is 2.50 bits per heavy atom. The minimum Gasteiger partial charge on any atom is -0.347 e. The highest BCUT2D eigenvalue weighted by atomic mass is 32.2. The van der Waals surface area contributed by atoms with Crippen molar-refractivity contribution in [3.63, 3.8) is 0 Å². The first-order valence-corrected chi connectivity index (χ1v) is 13.2. The molecule has 174 valence electrons. The molecule has 32 heavy (non-hydrogen) atoms. The molecule has 0 unspecified atom stereocenters. The average molecular weight is 506 g/mol. The smallest absolute Gasteiger partial charge is 0.347 e. The van der Waals surface area contributed by atoms with E-state index in [4.69, 9.17) is 0 Å². The Morgan fingerprint density at radius 1 is 1.16 bits per heavy atom. The van der Waals surface area contributed by atoms with E-state index in [2.05, 4.69) is 17.1 Å². The van der Waals surface area contributed by atoms with E-state index in [1.165, 1.54) is 29.5 Å². The number of hydrogen-bond acceptors (Lipinski definition) is 6. The topological polar surface area (TPSA) is 78.5 Å². The van der Waals surface area contributed by atoms with Gasteiger partial charge in [0.1, 0.15) is 0 Å². The third kappa shape index (κ3) is 4.78. The van der Waals surface area contributed by atoms with Crippen LogP contribution in [0.3, 0.4) is 0 Å². The van der Waals surface area contributed by atoms with Crippen LogP contribution in [-0.4, -0.2) is 49.9 Å². The largest absolute Gasteiger partial charge is 0.516 e. The zero-order valence-corrected chi connectivity index (χ0v) is 19.5. The molecule has 1 aromatic carbocycles. The third-order valence-electron chi connectivity index (χ3n) is 5.93. The normalized spacial score (nSPS) is 25.5. The molecule has 2 aromatic rings. The Labute approximate surface area is 192 Å². The number of piperidine rings is 3. The van der Waals surface area contributed by atoms with Crippen molar-refractivity contribution in [3.8, 4) is 0 Å². The molecule has 0 saturated carbocycles. The van der Waals surface area contributed by atoms with E-state index < -0.39 is 15.5 Å². The van der Waals surface area contributed by atoms with Gasteiger partial charge in [-0.1, -0.05) is 23.9 Å². The number of thiophene rings is 1. The molecule has 3 aliphatic rings. The molecule has 0 aliphatic carbocycles. The lowest BCUT2D eigenvalue weighted by atomic mass is 9.79. The van der Waals surface area contributed by atoms with E-state index in [9.17, 15) is 26.4 Å². The zero-order valence-electron chi connectivity index (χ0n) is 17.1. The van der Waals surface area contributed by atoms with E-state index in [1.54, 1.807) is 22.9 Å². The SMILES string of the molecule is C[C@@H]1[C@H](NC(=O)c2ccc(Sc3ccccc3NS(=O)(=O)C(F)(F)F)s2)C2CCN1CC2. The standard InChI is InChI=1S/C20H22F3N3O3S3/c1-12-18(13-8-10-26(12)11-9-13)24-19(27)16-6-7-17(31-16)30-15-5-3-2-4-14(15)25-32(28,29)20(21,22)23/h2-7,12-13,18,25H,8-11H2,1H3,(H,24,27)/t12-,18+/m1/s1. The summed E-state index contributed by atoms with van der Waals surface area (Å²) in [7, 11) is -5.53. The maximum absolute atomic E-state index is 12.8. The highest BCUT2D eigenvalue weighted by Crippen LogP contribution is 2.39. The summed E-state index contributed by atoms with van der Waals surface area (Å²) in [5.74, 6) is 0.305. The number of anilines is 1. The number of hydrogen-bond donors (Lipinski definition) is 2. The number of rotatable bonds is 6. The lowest BCUT2D eigenvalue weighted by Gasteiger charge is -2.49. The Kier molecular flexibility index (Phi) is 6.49. The number of carbonyl (C=O) groups excluding carboxylic acids is 1. The van der Waals surface area contributed by atoms with Crippen LogP contribution in [-0.2, 0) is 10.0 Å². The van der Waals surface area contributed by atoms with Gasteiger partial charge in [-0.3, -0.25) is 14.4 Å². The molecule has 0 radical (unpaired) electrons. The summed E-state index contributed by atoms with van der Waals surface area (Å²) in [6, 6.07) is 9.60. The van der Waals surface area contributed by atoms with Gasteiger partial charge < -0.3 is 5.32 Å². The maximum atomic E-state index is 12.8. The molecule has 0 spiro atoms. The van der Waals surface area contributed by atoms with Crippen molar-refractivity contribution < 1.29 is 26.4 Å². The predicted molar refractivity (Wildman–Crippen MR) is 118 cm³/mol. The van der Waals surface area contributed by atoms with Gasteiger partial charge in [0.2, 0.25) is 0 Å².